The Kier molecular flexibility index (Phi) is 5.51. The number of alkyl halides is 3. The molecule has 2 aromatic heterocycles. The van der Waals surface area contributed by atoms with E-state index in [2.05, 4.69) is 25.0 Å². The topological polar surface area (TPSA) is 80.2 Å². The minimum atomic E-state index is -4.73. The fourth-order valence-electron chi connectivity index (χ4n) is 2.33. The molecule has 3 aromatic rings. The van der Waals surface area contributed by atoms with Crippen LogP contribution in [0.2, 0.25) is 0 Å². The fourth-order valence-corrected chi connectivity index (χ4v) is 2.33. The van der Waals surface area contributed by atoms with Crippen LogP contribution in [0.25, 0.3) is 11.3 Å². The van der Waals surface area contributed by atoms with E-state index in [9.17, 15) is 18.3 Å². The Labute approximate surface area is 152 Å². The Morgan fingerprint density at radius 1 is 1.11 bits per heavy atom. The highest BCUT2D eigenvalue weighted by atomic mass is 19.4. The molecule has 0 spiro atoms. The van der Waals surface area contributed by atoms with E-state index in [0.29, 0.717) is 22.6 Å². The number of halogens is 3. The monoisotopic (exact) mass is 376 g/mol. The van der Waals surface area contributed by atoms with Crippen molar-refractivity contribution in [2.24, 2.45) is 0 Å². The molecular formula is C18H15F3N4O2. The molecule has 1 unspecified atom stereocenters. The molecule has 0 radical (unpaired) electrons. The summed E-state index contributed by atoms with van der Waals surface area (Å²) < 4.78 is 40.5. The zero-order chi connectivity index (χ0) is 19.3. The van der Waals surface area contributed by atoms with E-state index in [1.807, 2.05) is 0 Å². The van der Waals surface area contributed by atoms with Gasteiger partial charge in [0, 0.05) is 36.1 Å². The van der Waals surface area contributed by atoms with Crippen LogP contribution in [0.4, 0.5) is 19.0 Å². The van der Waals surface area contributed by atoms with Crippen molar-refractivity contribution in [1.29, 1.82) is 0 Å². The van der Waals surface area contributed by atoms with Gasteiger partial charge in [0.2, 0.25) is 0 Å². The number of nitrogens with one attached hydrogen (secondary N) is 1. The van der Waals surface area contributed by atoms with Gasteiger partial charge in [-0.25, -0.2) is 9.97 Å². The molecule has 0 amide bonds. The number of pyridine rings is 1. The van der Waals surface area contributed by atoms with Crippen molar-refractivity contribution in [3.63, 3.8) is 0 Å². The number of anilines is 1. The second-order valence-electron chi connectivity index (χ2n) is 5.54. The maximum Gasteiger partial charge on any atom is 0.573 e. The number of hydrogen-bond donors (Lipinski definition) is 2. The van der Waals surface area contributed by atoms with Gasteiger partial charge in [0.25, 0.3) is 0 Å². The molecule has 2 N–H and O–H groups in total. The molecule has 0 fully saturated rings. The fraction of sp³-hybridized carbons (Fsp3) is 0.167. The van der Waals surface area contributed by atoms with Crippen LogP contribution in [0.5, 0.6) is 5.75 Å². The molecule has 0 aliphatic rings. The van der Waals surface area contributed by atoms with Crippen LogP contribution in [0.15, 0.2) is 61.2 Å². The molecule has 3 rings (SSSR count). The Balaban J connectivity index is 1.66. The number of aromatic nitrogens is 3. The number of ether oxygens (including phenoxy) is 1. The molecule has 9 heteroatoms. The summed E-state index contributed by atoms with van der Waals surface area (Å²) in [5, 5.41) is 13.1. The quantitative estimate of drug-likeness (QED) is 0.685. The van der Waals surface area contributed by atoms with Crippen molar-refractivity contribution in [2.75, 3.05) is 11.9 Å². The molecule has 0 bridgehead atoms. The van der Waals surface area contributed by atoms with Gasteiger partial charge in [-0.1, -0.05) is 6.07 Å². The van der Waals surface area contributed by atoms with Crippen molar-refractivity contribution >= 4 is 5.82 Å². The van der Waals surface area contributed by atoms with E-state index in [1.54, 1.807) is 30.6 Å². The largest absolute Gasteiger partial charge is 0.573 e. The first-order valence-electron chi connectivity index (χ1n) is 7.91. The predicted octanol–water partition coefficient (Wildman–Crippen LogP) is 3.58. The highest BCUT2D eigenvalue weighted by Crippen LogP contribution is 2.26. The van der Waals surface area contributed by atoms with Gasteiger partial charge in [-0.2, -0.15) is 0 Å². The summed E-state index contributed by atoms with van der Waals surface area (Å²) in [5.41, 5.74) is 1.78. The van der Waals surface area contributed by atoms with Crippen LogP contribution in [0.3, 0.4) is 0 Å². The Morgan fingerprint density at radius 2 is 1.89 bits per heavy atom. The minimum absolute atomic E-state index is 0.209. The van der Waals surface area contributed by atoms with E-state index in [-0.39, 0.29) is 12.3 Å². The molecule has 2 heterocycles. The molecule has 6 nitrogen and oxygen atoms in total. The van der Waals surface area contributed by atoms with Crippen molar-refractivity contribution in [3.05, 3.63) is 66.7 Å². The van der Waals surface area contributed by atoms with E-state index < -0.39 is 12.5 Å². The zero-order valence-electron chi connectivity index (χ0n) is 13.9. The summed E-state index contributed by atoms with van der Waals surface area (Å²) >= 11 is 0. The van der Waals surface area contributed by atoms with Crippen LogP contribution >= 0.6 is 0 Å². The van der Waals surface area contributed by atoms with Crippen molar-refractivity contribution < 1.29 is 23.0 Å². The number of aliphatic hydroxyl groups excluding tert-OH is 1. The number of benzene rings is 1. The molecule has 0 saturated carbocycles. The van der Waals surface area contributed by atoms with Gasteiger partial charge in [-0.05, 0) is 30.3 Å². The molecule has 0 aliphatic heterocycles. The Hall–Kier alpha value is -3.20. The normalized spacial score (nSPS) is 12.4. The summed E-state index contributed by atoms with van der Waals surface area (Å²) in [4.78, 5) is 12.1. The average Bonchev–Trinajstić information content (AvgIpc) is 2.66. The second kappa shape index (κ2) is 8.00. The van der Waals surface area contributed by atoms with E-state index in [4.69, 9.17) is 0 Å². The minimum Gasteiger partial charge on any atom is -0.406 e. The molecule has 0 saturated heterocycles. The third-order valence-corrected chi connectivity index (χ3v) is 3.60. The lowest BCUT2D eigenvalue weighted by molar-refractivity contribution is -0.274. The van der Waals surface area contributed by atoms with Crippen molar-refractivity contribution in [2.45, 2.75) is 12.5 Å². The number of rotatable bonds is 6. The summed E-state index contributed by atoms with van der Waals surface area (Å²) in [6.45, 7) is 0.209. The number of hydrogen-bond acceptors (Lipinski definition) is 6. The van der Waals surface area contributed by atoms with Crippen LogP contribution < -0.4 is 10.1 Å². The number of aliphatic hydroxyl groups is 1. The van der Waals surface area contributed by atoms with E-state index in [1.165, 1.54) is 30.6 Å². The van der Waals surface area contributed by atoms with Crippen LogP contribution in [0, 0.1) is 0 Å². The van der Waals surface area contributed by atoms with Crippen LogP contribution in [-0.4, -0.2) is 33.0 Å². The van der Waals surface area contributed by atoms with E-state index in [0.717, 1.165) is 0 Å². The highest BCUT2D eigenvalue weighted by Gasteiger charge is 2.30. The van der Waals surface area contributed by atoms with Gasteiger partial charge < -0.3 is 15.2 Å². The third kappa shape index (κ3) is 5.38. The predicted molar refractivity (Wildman–Crippen MR) is 91.8 cm³/mol. The smallest absolute Gasteiger partial charge is 0.406 e. The molecule has 1 atom stereocenters. The van der Waals surface area contributed by atoms with Gasteiger partial charge in [0.1, 0.15) is 17.9 Å². The summed E-state index contributed by atoms with van der Waals surface area (Å²) in [7, 11) is 0. The SMILES string of the molecule is OC(CNc1cc(-c2ccc(OC(F)(F)F)cc2)ncn1)c1cccnc1. The first kappa shape index (κ1) is 18.6. The third-order valence-electron chi connectivity index (χ3n) is 3.60. The second-order valence-corrected chi connectivity index (χ2v) is 5.54. The van der Waals surface area contributed by atoms with Gasteiger partial charge >= 0.3 is 6.36 Å². The van der Waals surface area contributed by atoms with Crippen LogP contribution in [0.1, 0.15) is 11.7 Å². The lowest BCUT2D eigenvalue weighted by Crippen LogP contribution is -2.16. The lowest BCUT2D eigenvalue weighted by atomic mass is 10.1. The van der Waals surface area contributed by atoms with Gasteiger partial charge in [0.15, 0.2) is 0 Å². The van der Waals surface area contributed by atoms with Crippen molar-refractivity contribution in [3.8, 4) is 17.0 Å². The summed E-state index contributed by atoms with van der Waals surface area (Å²) in [5.74, 6) is 0.164. The summed E-state index contributed by atoms with van der Waals surface area (Å²) in [6, 6.07) is 10.5. The lowest BCUT2D eigenvalue weighted by Gasteiger charge is -2.13. The molecule has 27 heavy (non-hydrogen) atoms. The summed E-state index contributed by atoms with van der Waals surface area (Å²) in [6.07, 6.45) is -0.985. The maximum atomic E-state index is 12.2. The first-order chi connectivity index (χ1) is 12.9. The molecule has 1 aromatic carbocycles. The van der Waals surface area contributed by atoms with Crippen molar-refractivity contribution in [1.82, 2.24) is 15.0 Å². The highest BCUT2D eigenvalue weighted by molar-refractivity contribution is 5.62. The maximum absolute atomic E-state index is 12.2. The Bertz CT molecular complexity index is 874. The van der Waals surface area contributed by atoms with Gasteiger partial charge in [-0.15, -0.1) is 13.2 Å². The standard InChI is InChI=1S/C18H15F3N4O2/c19-18(20,21)27-14-5-3-12(4-6-14)15-8-17(25-11-24-15)23-10-16(26)13-2-1-7-22-9-13/h1-9,11,16,26H,10H2,(H,23,24,25). The van der Waals surface area contributed by atoms with Gasteiger partial charge in [0.05, 0.1) is 11.8 Å². The average molecular weight is 376 g/mol. The first-order valence-corrected chi connectivity index (χ1v) is 7.91. The number of nitrogens with zero attached hydrogens (tertiary/aromatic N) is 3. The van der Waals surface area contributed by atoms with E-state index >= 15 is 0 Å². The molecule has 0 aliphatic carbocycles. The van der Waals surface area contributed by atoms with Crippen LogP contribution in [-0.2, 0) is 0 Å². The van der Waals surface area contributed by atoms with Gasteiger partial charge in [-0.3, -0.25) is 4.98 Å². The Morgan fingerprint density at radius 3 is 2.56 bits per heavy atom. The zero-order valence-corrected chi connectivity index (χ0v) is 13.9. The molecule has 140 valence electrons. The molecular weight excluding hydrogens is 361 g/mol.